The van der Waals surface area contributed by atoms with Gasteiger partial charge < -0.3 is 10.4 Å². The minimum atomic E-state index is -1.08. The summed E-state index contributed by atoms with van der Waals surface area (Å²) in [5.41, 5.74) is 0.500. The van der Waals surface area contributed by atoms with Crippen molar-refractivity contribution in [2.24, 2.45) is 0 Å². The Kier molecular flexibility index (Phi) is 4.93. The van der Waals surface area contributed by atoms with Crippen LogP contribution in [0.2, 0.25) is 5.02 Å². The number of nitrogens with one attached hydrogen (secondary N) is 1. The first-order valence-electron chi connectivity index (χ1n) is 5.89. The van der Waals surface area contributed by atoms with E-state index < -0.39 is 5.97 Å². The third-order valence-corrected chi connectivity index (χ3v) is 3.65. The quantitative estimate of drug-likeness (QED) is 0.866. The Balaban J connectivity index is 2.16. The number of anilines is 1. The van der Waals surface area contributed by atoms with E-state index >= 15 is 0 Å². The average Bonchev–Trinajstić information content (AvgIpc) is 2.43. The van der Waals surface area contributed by atoms with E-state index in [0.29, 0.717) is 20.9 Å². The molecule has 1 heterocycles. The predicted molar refractivity (Wildman–Crippen MR) is 82.7 cm³/mol. The fraction of sp³-hybridized carbons (Fsp3) is 0.0714. The van der Waals surface area contributed by atoms with Crippen LogP contribution in [0, 0.1) is 0 Å². The number of halogens is 2. The maximum absolute atomic E-state index is 12.0. The number of aromatic carboxylic acids is 1. The molecule has 1 aromatic carbocycles. The number of nitrogens with zero attached hydrogens (tertiary/aromatic N) is 1. The molecule has 0 bridgehead atoms. The normalized spacial score (nSPS) is 10.2. The standard InChI is InChI=1S/C14H10BrClN2O3/c15-11-3-1-2-9(14(20)21)10(11)6-13(19)18-12-5-4-8(16)7-17-12/h1-5,7H,6H2,(H,20,21)(H,17,18,19). The maximum Gasteiger partial charge on any atom is 0.336 e. The number of carboxylic acids is 1. The lowest BCUT2D eigenvalue weighted by Gasteiger charge is -2.09. The summed E-state index contributed by atoms with van der Waals surface area (Å²) in [7, 11) is 0. The second kappa shape index (κ2) is 6.69. The van der Waals surface area contributed by atoms with Crippen LogP contribution in [0.4, 0.5) is 5.82 Å². The smallest absolute Gasteiger partial charge is 0.336 e. The van der Waals surface area contributed by atoms with Crippen molar-refractivity contribution in [2.45, 2.75) is 6.42 Å². The summed E-state index contributed by atoms with van der Waals surface area (Å²) >= 11 is 8.97. The van der Waals surface area contributed by atoms with Crippen molar-refractivity contribution in [2.75, 3.05) is 5.32 Å². The number of carboxylic acid groups (broad SMARTS) is 1. The molecule has 5 nitrogen and oxygen atoms in total. The Hall–Kier alpha value is -1.92. The fourth-order valence-electron chi connectivity index (χ4n) is 1.74. The van der Waals surface area contributed by atoms with Crippen molar-refractivity contribution < 1.29 is 14.7 Å². The highest BCUT2D eigenvalue weighted by molar-refractivity contribution is 9.10. The van der Waals surface area contributed by atoms with Crippen LogP contribution in [0.15, 0.2) is 41.0 Å². The summed E-state index contributed by atoms with van der Waals surface area (Å²) in [6, 6.07) is 7.92. The number of benzene rings is 1. The topological polar surface area (TPSA) is 79.3 Å². The van der Waals surface area contributed by atoms with Crippen LogP contribution in [-0.2, 0) is 11.2 Å². The maximum atomic E-state index is 12.0. The Morgan fingerprint density at radius 1 is 1.29 bits per heavy atom. The van der Waals surface area contributed by atoms with E-state index in [4.69, 9.17) is 16.7 Å². The summed E-state index contributed by atoms with van der Waals surface area (Å²) in [4.78, 5) is 27.1. The molecular formula is C14H10BrClN2O3. The number of carbonyl (C=O) groups excluding carboxylic acids is 1. The van der Waals surface area contributed by atoms with Crippen molar-refractivity contribution in [3.05, 3.63) is 57.2 Å². The van der Waals surface area contributed by atoms with Gasteiger partial charge >= 0.3 is 5.97 Å². The van der Waals surface area contributed by atoms with Gasteiger partial charge in [-0.25, -0.2) is 9.78 Å². The molecule has 0 radical (unpaired) electrons. The summed E-state index contributed by atoms with van der Waals surface area (Å²) < 4.78 is 0.571. The van der Waals surface area contributed by atoms with Gasteiger partial charge in [0.25, 0.3) is 0 Å². The Labute approximate surface area is 134 Å². The fourth-order valence-corrected chi connectivity index (χ4v) is 2.35. The Bertz CT molecular complexity index is 689. The van der Waals surface area contributed by atoms with Gasteiger partial charge in [-0.05, 0) is 29.8 Å². The van der Waals surface area contributed by atoms with Crippen LogP contribution in [0.1, 0.15) is 15.9 Å². The first-order valence-corrected chi connectivity index (χ1v) is 7.06. The SMILES string of the molecule is O=C(Cc1c(Br)cccc1C(=O)O)Nc1ccc(Cl)cn1. The van der Waals surface area contributed by atoms with Gasteiger partial charge in [-0.3, -0.25) is 4.79 Å². The van der Waals surface area contributed by atoms with E-state index in [9.17, 15) is 9.59 Å². The molecule has 1 aromatic heterocycles. The van der Waals surface area contributed by atoms with Crippen molar-refractivity contribution in [1.82, 2.24) is 4.98 Å². The first kappa shape index (κ1) is 15.5. The molecular weight excluding hydrogens is 360 g/mol. The largest absolute Gasteiger partial charge is 0.478 e. The van der Waals surface area contributed by atoms with Crippen molar-refractivity contribution in [1.29, 1.82) is 0 Å². The van der Waals surface area contributed by atoms with Crippen molar-refractivity contribution in [3.63, 3.8) is 0 Å². The lowest BCUT2D eigenvalue weighted by atomic mass is 10.0. The molecule has 0 aliphatic rings. The summed E-state index contributed by atoms with van der Waals surface area (Å²) in [5, 5.41) is 12.2. The molecule has 0 atom stereocenters. The zero-order chi connectivity index (χ0) is 15.4. The van der Waals surface area contributed by atoms with Crippen LogP contribution in [0.5, 0.6) is 0 Å². The number of carbonyl (C=O) groups is 2. The molecule has 2 aromatic rings. The minimum Gasteiger partial charge on any atom is -0.478 e. The highest BCUT2D eigenvalue weighted by Gasteiger charge is 2.16. The molecule has 21 heavy (non-hydrogen) atoms. The molecule has 7 heteroatoms. The predicted octanol–water partition coefficient (Wildman–Crippen LogP) is 3.38. The Morgan fingerprint density at radius 2 is 2.05 bits per heavy atom. The highest BCUT2D eigenvalue weighted by atomic mass is 79.9. The van der Waals surface area contributed by atoms with Gasteiger partial charge in [-0.15, -0.1) is 0 Å². The zero-order valence-electron chi connectivity index (χ0n) is 10.6. The number of rotatable bonds is 4. The monoisotopic (exact) mass is 368 g/mol. The summed E-state index contributed by atoms with van der Waals surface area (Å²) in [6.07, 6.45) is 1.34. The van der Waals surface area contributed by atoms with E-state index in [1.807, 2.05) is 0 Å². The van der Waals surface area contributed by atoms with Gasteiger partial charge in [0, 0.05) is 10.7 Å². The van der Waals surface area contributed by atoms with E-state index in [0.717, 1.165) is 0 Å². The van der Waals surface area contributed by atoms with Gasteiger partial charge in [0.1, 0.15) is 5.82 Å². The number of aromatic nitrogens is 1. The van der Waals surface area contributed by atoms with Gasteiger partial charge in [-0.2, -0.15) is 0 Å². The average molecular weight is 370 g/mol. The summed E-state index contributed by atoms with van der Waals surface area (Å²) in [6.45, 7) is 0. The molecule has 1 amide bonds. The van der Waals surface area contributed by atoms with E-state index in [2.05, 4.69) is 26.2 Å². The highest BCUT2D eigenvalue weighted by Crippen LogP contribution is 2.22. The van der Waals surface area contributed by atoms with E-state index in [-0.39, 0.29) is 17.9 Å². The van der Waals surface area contributed by atoms with Crippen LogP contribution in [0.25, 0.3) is 0 Å². The lowest BCUT2D eigenvalue weighted by Crippen LogP contribution is -2.17. The number of hydrogen-bond acceptors (Lipinski definition) is 3. The molecule has 108 valence electrons. The van der Waals surface area contributed by atoms with Crippen molar-refractivity contribution >= 4 is 45.2 Å². The van der Waals surface area contributed by atoms with Gasteiger partial charge in [0.15, 0.2) is 0 Å². The van der Waals surface area contributed by atoms with Crippen LogP contribution in [0.3, 0.4) is 0 Å². The minimum absolute atomic E-state index is 0.0760. The third-order valence-electron chi connectivity index (χ3n) is 2.68. The van der Waals surface area contributed by atoms with Gasteiger partial charge in [0.05, 0.1) is 17.0 Å². The second-order valence-electron chi connectivity index (χ2n) is 4.16. The lowest BCUT2D eigenvalue weighted by molar-refractivity contribution is -0.115. The van der Waals surface area contributed by atoms with E-state index in [1.165, 1.54) is 12.3 Å². The van der Waals surface area contributed by atoms with Crippen LogP contribution in [-0.4, -0.2) is 22.0 Å². The molecule has 0 saturated heterocycles. The van der Waals surface area contributed by atoms with Crippen LogP contribution >= 0.6 is 27.5 Å². The number of hydrogen-bond donors (Lipinski definition) is 2. The molecule has 2 N–H and O–H groups in total. The van der Waals surface area contributed by atoms with Gasteiger partial charge in [-0.1, -0.05) is 33.6 Å². The first-order chi connectivity index (χ1) is 9.97. The molecule has 2 rings (SSSR count). The zero-order valence-corrected chi connectivity index (χ0v) is 13.0. The van der Waals surface area contributed by atoms with Gasteiger partial charge in [0.2, 0.25) is 5.91 Å². The third kappa shape index (κ3) is 4.03. The molecule has 0 aliphatic carbocycles. The molecule has 0 saturated carbocycles. The van der Waals surface area contributed by atoms with E-state index in [1.54, 1.807) is 24.3 Å². The number of amides is 1. The summed E-state index contributed by atoms with van der Waals surface area (Å²) in [5.74, 6) is -1.09. The molecule has 0 unspecified atom stereocenters. The van der Waals surface area contributed by atoms with Crippen molar-refractivity contribution in [3.8, 4) is 0 Å². The number of pyridine rings is 1. The molecule has 0 aliphatic heterocycles. The second-order valence-corrected chi connectivity index (χ2v) is 5.45. The van der Waals surface area contributed by atoms with Crippen LogP contribution < -0.4 is 5.32 Å². The Morgan fingerprint density at radius 3 is 2.67 bits per heavy atom. The molecule has 0 spiro atoms. The molecule has 0 fully saturated rings.